The summed E-state index contributed by atoms with van der Waals surface area (Å²) in [4.78, 5) is 27.2. The number of nitrogens with zero attached hydrogens (tertiary/aromatic N) is 1. The molecule has 10 heteroatoms. The van der Waals surface area contributed by atoms with Gasteiger partial charge < -0.3 is 20.5 Å². The van der Waals surface area contributed by atoms with Crippen molar-refractivity contribution in [1.82, 2.24) is 10.3 Å². The van der Waals surface area contributed by atoms with E-state index in [1.165, 1.54) is 0 Å². The van der Waals surface area contributed by atoms with Crippen LogP contribution >= 0.6 is 0 Å². The molecule has 0 saturated heterocycles. The molecule has 2 aromatic carbocycles. The van der Waals surface area contributed by atoms with E-state index in [4.69, 9.17) is 4.74 Å². The molecule has 0 radical (unpaired) electrons. The largest absolute Gasteiger partial charge is 0.480 e. The average molecular weight is 475 g/mol. The van der Waals surface area contributed by atoms with E-state index in [0.29, 0.717) is 22.0 Å². The normalized spacial score (nSPS) is 12.8. The second kappa shape index (κ2) is 9.58. The minimum atomic E-state index is -4.60. The molecule has 3 N–H and O–H groups in total. The number of carboxylic acid groups (broad SMARTS) is 1. The molecule has 1 atom stereocenters. The lowest BCUT2D eigenvalue weighted by Crippen LogP contribution is -2.44. The third-order valence-corrected chi connectivity index (χ3v) is 4.68. The molecule has 0 unspecified atom stereocenters. The van der Waals surface area contributed by atoms with Crippen LogP contribution in [0, 0.1) is 0 Å². The second-order valence-corrected chi connectivity index (χ2v) is 8.64. The second-order valence-electron chi connectivity index (χ2n) is 8.64. The van der Waals surface area contributed by atoms with Gasteiger partial charge >= 0.3 is 18.2 Å². The van der Waals surface area contributed by atoms with Gasteiger partial charge in [0.25, 0.3) is 0 Å². The Hall–Kier alpha value is -3.82. The van der Waals surface area contributed by atoms with Crippen LogP contribution in [0.4, 0.5) is 29.5 Å². The molecule has 0 spiro atoms. The first-order chi connectivity index (χ1) is 15.8. The smallest absolute Gasteiger partial charge is 0.433 e. The summed E-state index contributed by atoms with van der Waals surface area (Å²) in [5.41, 5.74) is -0.728. The molecule has 0 bridgehead atoms. The van der Waals surface area contributed by atoms with Crippen LogP contribution in [0.1, 0.15) is 32.0 Å². The molecule has 0 aliphatic heterocycles. The van der Waals surface area contributed by atoms with E-state index >= 15 is 0 Å². The summed E-state index contributed by atoms with van der Waals surface area (Å²) < 4.78 is 44.9. The lowest BCUT2D eigenvalue weighted by Gasteiger charge is -2.22. The molecule has 180 valence electrons. The number of nitrogens with one attached hydrogen (secondary N) is 2. The first kappa shape index (κ1) is 24.8. The van der Waals surface area contributed by atoms with Gasteiger partial charge in [0.1, 0.15) is 23.2 Å². The van der Waals surface area contributed by atoms with Crippen molar-refractivity contribution in [3.8, 4) is 0 Å². The van der Waals surface area contributed by atoms with Gasteiger partial charge in [-0.2, -0.15) is 13.2 Å². The van der Waals surface area contributed by atoms with Gasteiger partial charge in [0.05, 0.1) is 0 Å². The van der Waals surface area contributed by atoms with Crippen LogP contribution in [-0.4, -0.2) is 33.8 Å². The van der Waals surface area contributed by atoms with E-state index in [-0.39, 0.29) is 12.2 Å². The zero-order valence-electron chi connectivity index (χ0n) is 18.7. The highest BCUT2D eigenvalue weighted by Crippen LogP contribution is 2.33. The summed E-state index contributed by atoms with van der Waals surface area (Å²) in [7, 11) is 0. The number of carbonyl (C=O) groups is 2. The Labute approximate surface area is 194 Å². The minimum absolute atomic E-state index is 0.0143. The van der Waals surface area contributed by atoms with Crippen LogP contribution in [0.25, 0.3) is 10.8 Å². The number of carboxylic acids is 1. The number of rotatable bonds is 6. The van der Waals surface area contributed by atoms with Crippen molar-refractivity contribution in [3.05, 3.63) is 65.9 Å². The summed E-state index contributed by atoms with van der Waals surface area (Å²) >= 11 is 0. The van der Waals surface area contributed by atoms with Gasteiger partial charge in [-0.05, 0) is 49.9 Å². The van der Waals surface area contributed by atoms with Crippen molar-refractivity contribution in [2.45, 2.75) is 45.0 Å². The van der Waals surface area contributed by atoms with E-state index in [9.17, 15) is 27.9 Å². The number of fused-ring (bicyclic) bond motifs is 1. The van der Waals surface area contributed by atoms with E-state index < -0.39 is 35.6 Å². The number of aromatic nitrogens is 1. The molecular formula is C24H24F3N3O4. The van der Waals surface area contributed by atoms with Crippen LogP contribution in [0.2, 0.25) is 0 Å². The Morgan fingerprint density at radius 2 is 1.71 bits per heavy atom. The Morgan fingerprint density at radius 1 is 1.06 bits per heavy atom. The number of carbonyl (C=O) groups excluding carboxylic acids is 1. The molecule has 1 heterocycles. The Morgan fingerprint density at radius 3 is 2.29 bits per heavy atom. The fourth-order valence-corrected chi connectivity index (χ4v) is 3.19. The molecule has 0 fully saturated rings. The number of halogens is 3. The lowest BCUT2D eigenvalue weighted by molar-refractivity contribution is -0.141. The highest BCUT2D eigenvalue weighted by molar-refractivity contribution is 5.93. The molecule has 7 nitrogen and oxygen atoms in total. The topological polar surface area (TPSA) is 101 Å². The maximum Gasteiger partial charge on any atom is 0.433 e. The first-order valence-electron chi connectivity index (χ1n) is 10.4. The van der Waals surface area contributed by atoms with Crippen molar-refractivity contribution in [2.24, 2.45) is 0 Å². The number of amides is 1. The SMILES string of the molecule is CC(C)(C)OC(=O)N[C@@H](Cc1ccc(Nc2nc(C(F)(F)F)cc3ccccc23)cc1)C(=O)O. The van der Waals surface area contributed by atoms with Gasteiger partial charge in [0.2, 0.25) is 0 Å². The fourth-order valence-electron chi connectivity index (χ4n) is 3.19. The van der Waals surface area contributed by atoms with E-state index in [1.807, 2.05) is 0 Å². The third kappa shape index (κ3) is 6.60. The highest BCUT2D eigenvalue weighted by atomic mass is 19.4. The molecule has 34 heavy (non-hydrogen) atoms. The zero-order valence-corrected chi connectivity index (χ0v) is 18.7. The first-order valence-corrected chi connectivity index (χ1v) is 10.4. The van der Waals surface area contributed by atoms with Crippen LogP contribution < -0.4 is 10.6 Å². The summed E-state index contributed by atoms with van der Waals surface area (Å²) in [6.45, 7) is 4.99. The van der Waals surface area contributed by atoms with Crippen molar-refractivity contribution in [1.29, 1.82) is 0 Å². The van der Waals surface area contributed by atoms with Crippen molar-refractivity contribution in [3.63, 3.8) is 0 Å². The maximum atomic E-state index is 13.3. The number of alkyl carbamates (subject to hydrolysis) is 1. The number of ether oxygens (including phenoxy) is 1. The van der Waals surface area contributed by atoms with Gasteiger partial charge in [-0.1, -0.05) is 36.4 Å². The number of pyridine rings is 1. The van der Waals surface area contributed by atoms with Crippen molar-refractivity contribution < 1.29 is 32.6 Å². The number of alkyl halides is 3. The van der Waals surface area contributed by atoms with E-state index in [2.05, 4.69) is 15.6 Å². The van der Waals surface area contributed by atoms with Crippen LogP contribution in [0.15, 0.2) is 54.6 Å². The van der Waals surface area contributed by atoms with E-state index in [0.717, 1.165) is 6.07 Å². The predicted octanol–water partition coefficient (Wildman–Crippen LogP) is 5.52. The number of benzene rings is 2. The van der Waals surface area contributed by atoms with E-state index in [1.54, 1.807) is 69.3 Å². The number of hydrogen-bond acceptors (Lipinski definition) is 5. The standard InChI is InChI=1S/C24H24F3N3O4/c1-23(2,3)34-22(33)29-18(21(31)32)12-14-8-10-16(11-9-14)28-20-17-7-5-4-6-15(17)13-19(30-20)24(25,26)27/h4-11,13,18H,12H2,1-3H3,(H,28,30)(H,29,33)(H,31,32)/t18-/m0/s1. The quantitative estimate of drug-likeness (QED) is 0.434. The van der Waals surface area contributed by atoms with Crippen molar-refractivity contribution in [2.75, 3.05) is 5.32 Å². The summed E-state index contributed by atoms with van der Waals surface area (Å²) in [5.74, 6) is -1.18. The number of hydrogen-bond donors (Lipinski definition) is 3. The van der Waals surface area contributed by atoms with Crippen LogP contribution in [-0.2, 0) is 22.1 Å². The Bertz CT molecular complexity index is 1190. The number of anilines is 2. The van der Waals surface area contributed by atoms with Gasteiger partial charge in [-0.25, -0.2) is 14.6 Å². The Balaban J connectivity index is 1.78. The van der Waals surface area contributed by atoms with Gasteiger partial charge in [-0.15, -0.1) is 0 Å². The van der Waals surface area contributed by atoms with Crippen LogP contribution in [0.3, 0.4) is 0 Å². The molecular weight excluding hydrogens is 451 g/mol. The lowest BCUT2D eigenvalue weighted by atomic mass is 10.1. The van der Waals surface area contributed by atoms with Gasteiger partial charge in [-0.3, -0.25) is 0 Å². The molecule has 0 aliphatic carbocycles. The van der Waals surface area contributed by atoms with Crippen molar-refractivity contribution >= 4 is 34.3 Å². The molecule has 0 saturated carbocycles. The minimum Gasteiger partial charge on any atom is -0.480 e. The van der Waals surface area contributed by atoms with Gasteiger partial charge in [0.15, 0.2) is 0 Å². The molecule has 1 aromatic heterocycles. The Kier molecular flexibility index (Phi) is 6.99. The molecule has 0 aliphatic rings. The summed E-state index contributed by atoms with van der Waals surface area (Å²) in [6.07, 6.45) is -5.46. The summed E-state index contributed by atoms with van der Waals surface area (Å²) in [5, 5.41) is 15.6. The zero-order chi connectivity index (χ0) is 25.1. The third-order valence-electron chi connectivity index (χ3n) is 4.68. The summed E-state index contributed by atoms with van der Waals surface area (Å²) in [6, 6.07) is 12.8. The van der Waals surface area contributed by atoms with Gasteiger partial charge in [0, 0.05) is 17.5 Å². The molecule has 3 rings (SSSR count). The maximum absolute atomic E-state index is 13.3. The fraction of sp³-hybridized carbons (Fsp3) is 0.292. The predicted molar refractivity (Wildman–Crippen MR) is 121 cm³/mol. The molecule has 1 amide bonds. The average Bonchev–Trinajstić information content (AvgIpc) is 2.72. The van der Waals surface area contributed by atoms with Crippen LogP contribution in [0.5, 0.6) is 0 Å². The molecule has 3 aromatic rings. The number of aliphatic carboxylic acids is 1. The monoisotopic (exact) mass is 475 g/mol. The highest BCUT2D eigenvalue weighted by Gasteiger charge is 2.33.